The van der Waals surface area contributed by atoms with Gasteiger partial charge in [-0.15, -0.1) is 23.2 Å². The van der Waals surface area contributed by atoms with E-state index in [9.17, 15) is 0 Å². The number of rotatable bonds is 6. The van der Waals surface area contributed by atoms with Gasteiger partial charge in [0.2, 0.25) is 0 Å². The lowest BCUT2D eigenvalue weighted by Gasteiger charge is -2.29. The summed E-state index contributed by atoms with van der Waals surface area (Å²) in [5.74, 6) is 1.01. The molecule has 0 bridgehead atoms. The Morgan fingerprint density at radius 2 is 2.06 bits per heavy atom. The van der Waals surface area contributed by atoms with E-state index in [4.69, 9.17) is 23.2 Å². The molecule has 0 aliphatic heterocycles. The highest BCUT2D eigenvalue weighted by atomic mass is 79.9. The zero-order valence-corrected chi connectivity index (χ0v) is 12.2. The molecule has 0 aromatic carbocycles. The van der Waals surface area contributed by atoms with Gasteiger partial charge >= 0.3 is 0 Å². The van der Waals surface area contributed by atoms with Crippen molar-refractivity contribution in [2.24, 2.45) is 0 Å². The van der Waals surface area contributed by atoms with Crippen LogP contribution in [0, 0.1) is 0 Å². The first-order valence-corrected chi connectivity index (χ1v) is 6.99. The summed E-state index contributed by atoms with van der Waals surface area (Å²) in [5, 5.41) is 3.38. The Kier molecular flexibility index (Phi) is 6.05. The predicted octanol–water partition coefficient (Wildman–Crippen LogP) is 3.56. The summed E-state index contributed by atoms with van der Waals surface area (Å²) in [6.45, 7) is 2.76. The molecule has 0 aliphatic rings. The molecule has 0 unspecified atom stereocenters. The fraction of sp³-hybridized carbons (Fsp3) is 0.545. The number of nitrogens with zero attached hydrogens (tertiary/aromatic N) is 1. The minimum Gasteiger partial charge on any atom is -0.303 e. The second-order valence-electron chi connectivity index (χ2n) is 3.72. The van der Waals surface area contributed by atoms with Crippen LogP contribution in [0.1, 0.15) is 19.0 Å². The minimum atomic E-state index is -0.197. The summed E-state index contributed by atoms with van der Waals surface area (Å²) in [5.41, 5.74) is 0.786. The van der Waals surface area contributed by atoms with Gasteiger partial charge in [0.15, 0.2) is 0 Å². The molecule has 0 aliphatic carbocycles. The Labute approximate surface area is 115 Å². The number of nitrogens with one attached hydrogen (secondary N) is 1. The highest BCUT2D eigenvalue weighted by Crippen LogP contribution is 2.16. The number of hydrogen-bond donors (Lipinski definition) is 1. The molecule has 2 nitrogen and oxygen atoms in total. The molecule has 0 saturated carbocycles. The maximum absolute atomic E-state index is 5.94. The van der Waals surface area contributed by atoms with Gasteiger partial charge in [0, 0.05) is 34.5 Å². The number of hydrogen-bond acceptors (Lipinski definition) is 2. The highest BCUT2D eigenvalue weighted by molar-refractivity contribution is 9.10. The van der Waals surface area contributed by atoms with Gasteiger partial charge in [-0.05, 0) is 34.5 Å². The molecule has 90 valence electrons. The van der Waals surface area contributed by atoms with E-state index in [0.29, 0.717) is 18.3 Å². The molecule has 1 heterocycles. The Morgan fingerprint density at radius 1 is 1.38 bits per heavy atom. The quantitative estimate of drug-likeness (QED) is 0.809. The maximum atomic E-state index is 5.94. The van der Waals surface area contributed by atoms with Gasteiger partial charge in [-0.3, -0.25) is 4.98 Å². The van der Waals surface area contributed by atoms with Gasteiger partial charge in [-0.1, -0.05) is 6.92 Å². The second-order valence-corrected chi connectivity index (χ2v) is 5.17. The Balaban J connectivity index is 2.58. The molecule has 0 amide bonds. The van der Waals surface area contributed by atoms with E-state index in [1.807, 2.05) is 12.1 Å². The van der Waals surface area contributed by atoms with E-state index in [2.05, 4.69) is 33.2 Å². The van der Waals surface area contributed by atoms with Crippen molar-refractivity contribution < 1.29 is 0 Å². The average molecular weight is 326 g/mol. The lowest BCUT2D eigenvalue weighted by Crippen LogP contribution is -2.48. The molecule has 0 spiro atoms. The van der Waals surface area contributed by atoms with E-state index < -0.39 is 0 Å². The molecule has 0 atom stereocenters. The van der Waals surface area contributed by atoms with E-state index in [0.717, 1.165) is 16.6 Å². The van der Waals surface area contributed by atoms with Gasteiger partial charge in [0.1, 0.15) is 0 Å². The van der Waals surface area contributed by atoms with Crippen LogP contribution in [0.3, 0.4) is 0 Å². The second kappa shape index (κ2) is 6.80. The topological polar surface area (TPSA) is 24.9 Å². The Hall–Kier alpha value is 0.170. The third kappa shape index (κ3) is 3.88. The molecule has 1 aromatic rings. The van der Waals surface area contributed by atoms with Gasteiger partial charge in [0.25, 0.3) is 0 Å². The molecule has 0 fully saturated rings. The first kappa shape index (κ1) is 14.2. The van der Waals surface area contributed by atoms with Crippen LogP contribution in [-0.2, 0) is 6.54 Å². The van der Waals surface area contributed by atoms with E-state index >= 15 is 0 Å². The average Bonchev–Trinajstić information content (AvgIpc) is 2.34. The van der Waals surface area contributed by atoms with Crippen molar-refractivity contribution >= 4 is 39.1 Å². The zero-order chi connectivity index (χ0) is 12.0. The standard InChI is InChI=1S/C11H15BrCl2N2/c1-2-11(7-13,8-14)16-6-10-4-3-9(12)5-15-10/h3-5,16H,2,6-8H2,1H3. The first-order valence-electron chi connectivity index (χ1n) is 5.13. The molecular weight excluding hydrogens is 311 g/mol. The van der Waals surface area contributed by atoms with Crippen LogP contribution in [0.15, 0.2) is 22.8 Å². The summed E-state index contributed by atoms with van der Waals surface area (Å²) in [7, 11) is 0. The molecule has 0 saturated heterocycles. The monoisotopic (exact) mass is 324 g/mol. The van der Waals surface area contributed by atoms with Gasteiger partial charge in [-0.2, -0.15) is 0 Å². The molecule has 5 heteroatoms. The molecule has 16 heavy (non-hydrogen) atoms. The number of halogens is 3. The van der Waals surface area contributed by atoms with E-state index in [1.165, 1.54) is 0 Å². The summed E-state index contributed by atoms with van der Waals surface area (Å²) >= 11 is 15.2. The molecule has 0 radical (unpaired) electrons. The highest BCUT2D eigenvalue weighted by Gasteiger charge is 2.25. The van der Waals surface area contributed by atoms with Gasteiger partial charge < -0.3 is 5.32 Å². The number of aromatic nitrogens is 1. The first-order chi connectivity index (χ1) is 7.65. The maximum Gasteiger partial charge on any atom is 0.0542 e. The van der Waals surface area contributed by atoms with Crippen molar-refractivity contribution in [3.8, 4) is 0 Å². The SMILES string of the molecule is CCC(CCl)(CCl)NCc1ccc(Br)cn1. The summed E-state index contributed by atoms with van der Waals surface area (Å²) < 4.78 is 0.979. The Morgan fingerprint density at radius 3 is 2.50 bits per heavy atom. The van der Waals surface area contributed by atoms with E-state index in [-0.39, 0.29) is 5.54 Å². The van der Waals surface area contributed by atoms with Crippen molar-refractivity contribution in [2.45, 2.75) is 25.4 Å². The summed E-state index contributed by atoms with van der Waals surface area (Å²) in [6.07, 6.45) is 2.68. The van der Waals surface area contributed by atoms with Crippen LogP contribution in [0.2, 0.25) is 0 Å². The van der Waals surface area contributed by atoms with Crippen molar-refractivity contribution in [1.82, 2.24) is 10.3 Å². The minimum absolute atomic E-state index is 0.197. The fourth-order valence-electron chi connectivity index (χ4n) is 1.23. The fourth-order valence-corrected chi connectivity index (χ4v) is 2.32. The van der Waals surface area contributed by atoms with Crippen molar-refractivity contribution in [3.63, 3.8) is 0 Å². The smallest absolute Gasteiger partial charge is 0.0542 e. The predicted molar refractivity (Wildman–Crippen MR) is 73.2 cm³/mol. The van der Waals surface area contributed by atoms with E-state index in [1.54, 1.807) is 6.20 Å². The Bertz CT molecular complexity index is 304. The van der Waals surface area contributed by atoms with Crippen LogP contribution in [0.5, 0.6) is 0 Å². The van der Waals surface area contributed by atoms with Crippen molar-refractivity contribution in [1.29, 1.82) is 0 Å². The summed E-state index contributed by atoms with van der Waals surface area (Å²) in [4.78, 5) is 4.29. The largest absolute Gasteiger partial charge is 0.303 e. The molecule has 1 rings (SSSR count). The zero-order valence-electron chi connectivity index (χ0n) is 9.14. The normalized spacial score (nSPS) is 11.8. The van der Waals surface area contributed by atoms with Crippen LogP contribution < -0.4 is 5.32 Å². The van der Waals surface area contributed by atoms with Crippen molar-refractivity contribution in [3.05, 3.63) is 28.5 Å². The molecular formula is C11H15BrCl2N2. The lowest BCUT2D eigenvalue weighted by atomic mass is 10.0. The van der Waals surface area contributed by atoms with Crippen LogP contribution in [0.4, 0.5) is 0 Å². The van der Waals surface area contributed by atoms with Crippen molar-refractivity contribution in [2.75, 3.05) is 11.8 Å². The van der Waals surface area contributed by atoms with Gasteiger partial charge in [-0.25, -0.2) is 0 Å². The van der Waals surface area contributed by atoms with Gasteiger partial charge in [0.05, 0.1) is 5.69 Å². The van der Waals surface area contributed by atoms with Crippen LogP contribution in [-0.4, -0.2) is 22.3 Å². The summed E-state index contributed by atoms with van der Waals surface area (Å²) in [6, 6.07) is 3.94. The number of alkyl halides is 2. The third-order valence-electron chi connectivity index (χ3n) is 2.62. The molecule has 1 aromatic heterocycles. The number of pyridine rings is 1. The third-order valence-corrected chi connectivity index (χ3v) is 4.11. The molecule has 1 N–H and O–H groups in total. The van der Waals surface area contributed by atoms with Crippen LogP contribution >= 0.6 is 39.1 Å². The van der Waals surface area contributed by atoms with Crippen LogP contribution in [0.25, 0.3) is 0 Å². The lowest BCUT2D eigenvalue weighted by molar-refractivity contribution is 0.382.